The van der Waals surface area contributed by atoms with Crippen molar-refractivity contribution in [2.75, 3.05) is 5.32 Å². The normalized spacial score (nSPS) is 15.3. The Bertz CT molecular complexity index is 1570. The van der Waals surface area contributed by atoms with Crippen molar-refractivity contribution in [3.05, 3.63) is 83.7 Å². The van der Waals surface area contributed by atoms with Gasteiger partial charge in [0.2, 0.25) is 0 Å². The second kappa shape index (κ2) is 9.12. The van der Waals surface area contributed by atoms with Gasteiger partial charge in [-0.05, 0) is 88.1 Å². The van der Waals surface area contributed by atoms with Gasteiger partial charge in [-0.3, -0.25) is 4.98 Å². The average Bonchev–Trinajstić information content (AvgIpc) is 3.58. The first-order chi connectivity index (χ1) is 17.8. The minimum absolute atomic E-state index is 0.118. The Balaban J connectivity index is 1.26. The lowest BCUT2D eigenvalue weighted by Gasteiger charge is -2.25. The van der Waals surface area contributed by atoms with E-state index in [1.165, 1.54) is 11.1 Å². The molecule has 0 fully saturated rings. The summed E-state index contributed by atoms with van der Waals surface area (Å²) in [5.41, 5.74) is 9.38. The summed E-state index contributed by atoms with van der Waals surface area (Å²) >= 11 is 0. The molecular weight excluding hydrogens is 460 g/mol. The van der Waals surface area contributed by atoms with Crippen molar-refractivity contribution in [1.82, 2.24) is 34.9 Å². The number of aryl methyl sites for hydroxylation is 1. The van der Waals surface area contributed by atoms with E-state index in [1.807, 2.05) is 43.5 Å². The molecule has 0 aliphatic heterocycles. The van der Waals surface area contributed by atoms with Crippen molar-refractivity contribution in [3.8, 4) is 22.6 Å². The Morgan fingerprint density at radius 3 is 2.73 bits per heavy atom. The molecule has 0 radical (unpaired) electrons. The highest BCUT2D eigenvalue weighted by molar-refractivity contribution is 5.77. The van der Waals surface area contributed by atoms with Crippen LogP contribution in [0.4, 0.5) is 5.69 Å². The van der Waals surface area contributed by atoms with Gasteiger partial charge in [0.15, 0.2) is 5.65 Å². The largest absolute Gasteiger partial charge is 0.378 e. The van der Waals surface area contributed by atoms with Gasteiger partial charge in [0.25, 0.3) is 0 Å². The summed E-state index contributed by atoms with van der Waals surface area (Å²) < 4.78 is 1.77. The van der Waals surface area contributed by atoms with Crippen molar-refractivity contribution in [1.29, 1.82) is 0 Å². The van der Waals surface area contributed by atoms with Crippen molar-refractivity contribution >= 4 is 11.3 Å². The standard InChI is InChI=1S/C29H32N8/c1-18-6-5-7-24(33-18)28-27(20-9-11-26-31-17-32-37(26)16-20)34-25(35-28)15-30-22-10-8-19-12-23(14-21(19)13-22)36-29(2,3)4/h5-11,13,16-17,23,30,36H,12,14-15H2,1-4H3,(H,34,35). The number of aromatic nitrogens is 6. The molecule has 4 heterocycles. The van der Waals surface area contributed by atoms with Crippen LogP contribution in [-0.2, 0) is 19.4 Å². The highest BCUT2D eigenvalue weighted by Crippen LogP contribution is 2.30. The number of nitrogens with zero attached hydrogens (tertiary/aromatic N) is 5. The van der Waals surface area contributed by atoms with Crippen LogP contribution in [0.1, 0.15) is 43.4 Å². The molecule has 0 saturated heterocycles. The van der Waals surface area contributed by atoms with Crippen LogP contribution in [0.3, 0.4) is 0 Å². The number of rotatable bonds is 6. The third-order valence-electron chi connectivity index (χ3n) is 6.68. The quantitative estimate of drug-likeness (QED) is 0.310. The number of benzene rings is 1. The molecule has 0 bridgehead atoms. The van der Waals surface area contributed by atoms with E-state index in [1.54, 1.807) is 10.8 Å². The number of fused-ring (bicyclic) bond motifs is 2. The van der Waals surface area contributed by atoms with E-state index in [0.717, 1.165) is 58.3 Å². The second-order valence-electron chi connectivity index (χ2n) is 10.9. The smallest absolute Gasteiger partial charge is 0.155 e. The first kappa shape index (κ1) is 23.4. The molecule has 6 rings (SSSR count). The average molecular weight is 493 g/mol. The predicted molar refractivity (Wildman–Crippen MR) is 146 cm³/mol. The SMILES string of the molecule is Cc1cccc(-c2nc(CNc3ccc4c(c3)CC(NC(C)(C)C)C4)[nH]c2-c2ccc3ncnn3c2)n1. The van der Waals surface area contributed by atoms with Crippen molar-refractivity contribution in [2.45, 2.75) is 58.7 Å². The van der Waals surface area contributed by atoms with Gasteiger partial charge in [0.1, 0.15) is 17.8 Å². The molecule has 5 aromatic rings. The fourth-order valence-corrected chi connectivity index (χ4v) is 5.17. The van der Waals surface area contributed by atoms with Crippen LogP contribution in [0.25, 0.3) is 28.3 Å². The molecule has 188 valence electrons. The van der Waals surface area contributed by atoms with Crippen LogP contribution in [0.2, 0.25) is 0 Å². The van der Waals surface area contributed by atoms with E-state index in [-0.39, 0.29) is 5.54 Å². The van der Waals surface area contributed by atoms with Gasteiger partial charge in [-0.1, -0.05) is 12.1 Å². The van der Waals surface area contributed by atoms with Crippen molar-refractivity contribution < 1.29 is 0 Å². The molecular formula is C29H32N8. The Hall–Kier alpha value is -4.04. The molecule has 37 heavy (non-hydrogen) atoms. The summed E-state index contributed by atoms with van der Waals surface area (Å²) in [6.07, 6.45) is 5.66. The monoisotopic (exact) mass is 492 g/mol. The molecule has 0 amide bonds. The number of H-pyrrole nitrogens is 1. The van der Waals surface area contributed by atoms with Gasteiger partial charge in [0, 0.05) is 34.7 Å². The Morgan fingerprint density at radius 2 is 1.89 bits per heavy atom. The minimum Gasteiger partial charge on any atom is -0.378 e. The number of hydrogen-bond acceptors (Lipinski definition) is 6. The molecule has 1 aliphatic carbocycles. The lowest BCUT2D eigenvalue weighted by molar-refractivity contribution is 0.365. The lowest BCUT2D eigenvalue weighted by Crippen LogP contribution is -2.44. The summed E-state index contributed by atoms with van der Waals surface area (Å²) in [5, 5.41) is 11.6. The molecule has 1 aromatic carbocycles. The third kappa shape index (κ3) is 4.97. The molecule has 8 nitrogen and oxygen atoms in total. The summed E-state index contributed by atoms with van der Waals surface area (Å²) in [6.45, 7) is 9.25. The summed E-state index contributed by atoms with van der Waals surface area (Å²) in [5.74, 6) is 0.847. The predicted octanol–water partition coefficient (Wildman–Crippen LogP) is 4.96. The molecule has 4 aromatic heterocycles. The first-order valence-corrected chi connectivity index (χ1v) is 12.8. The molecule has 1 aliphatic rings. The van der Waals surface area contributed by atoms with Gasteiger partial charge in [-0.25, -0.2) is 14.5 Å². The van der Waals surface area contributed by atoms with Crippen LogP contribution in [0, 0.1) is 6.92 Å². The number of anilines is 1. The van der Waals surface area contributed by atoms with Crippen molar-refractivity contribution in [2.24, 2.45) is 0 Å². The highest BCUT2D eigenvalue weighted by atomic mass is 15.3. The zero-order chi connectivity index (χ0) is 25.6. The van der Waals surface area contributed by atoms with Crippen molar-refractivity contribution in [3.63, 3.8) is 0 Å². The molecule has 0 spiro atoms. The number of pyridine rings is 2. The summed E-state index contributed by atoms with van der Waals surface area (Å²) in [4.78, 5) is 17.5. The number of nitrogens with one attached hydrogen (secondary N) is 3. The third-order valence-corrected chi connectivity index (χ3v) is 6.68. The summed E-state index contributed by atoms with van der Waals surface area (Å²) in [7, 11) is 0. The Kier molecular flexibility index (Phi) is 5.76. The van der Waals surface area contributed by atoms with Crippen LogP contribution in [0.5, 0.6) is 0 Å². The minimum atomic E-state index is 0.118. The lowest BCUT2D eigenvalue weighted by atomic mass is 10.1. The van der Waals surface area contributed by atoms with Gasteiger partial charge >= 0.3 is 0 Å². The van der Waals surface area contributed by atoms with Gasteiger partial charge in [-0.2, -0.15) is 5.10 Å². The van der Waals surface area contributed by atoms with Crippen LogP contribution < -0.4 is 10.6 Å². The maximum absolute atomic E-state index is 4.97. The highest BCUT2D eigenvalue weighted by Gasteiger charge is 2.25. The van der Waals surface area contributed by atoms with E-state index >= 15 is 0 Å². The Morgan fingerprint density at radius 1 is 1.03 bits per heavy atom. The number of hydrogen-bond donors (Lipinski definition) is 3. The first-order valence-electron chi connectivity index (χ1n) is 12.8. The fourth-order valence-electron chi connectivity index (χ4n) is 5.17. The fraction of sp³-hybridized carbons (Fsp3) is 0.310. The summed E-state index contributed by atoms with van der Waals surface area (Å²) in [6, 6.07) is 17.2. The molecule has 3 N–H and O–H groups in total. The van der Waals surface area contributed by atoms with E-state index in [2.05, 4.69) is 64.7 Å². The van der Waals surface area contributed by atoms with E-state index in [4.69, 9.17) is 9.97 Å². The van der Waals surface area contributed by atoms with Crippen LogP contribution in [-0.4, -0.2) is 41.1 Å². The van der Waals surface area contributed by atoms with E-state index in [9.17, 15) is 0 Å². The number of aromatic amines is 1. The van der Waals surface area contributed by atoms with E-state index < -0.39 is 0 Å². The van der Waals surface area contributed by atoms with Gasteiger partial charge in [0.05, 0.1) is 17.9 Å². The second-order valence-corrected chi connectivity index (χ2v) is 10.9. The van der Waals surface area contributed by atoms with Crippen LogP contribution in [0.15, 0.2) is 61.1 Å². The zero-order valence-electron chi connectivity index (χ0n) is 21.7. The van der Waals surface area contributed by atoms with Crippen LogP contribution >= 0.6 is 0 Å². The zero-order valence-corrected chi connectivity index (χ0v) is 21.7. The topological polar surface area (TPSA) is 95.8 Å². The van der Waals surface area contributed by atoms with E-state index in [0.29, 0.717) is 12.6 Å². The molecule has 8 heteroatoms. The maximum Gasteiger partial charge on any atom is 0.155 e. The van der Waals surface area contributed by atoms with Gasteiger partial charge in [-0.15, -0.1) is 0 Å². The molecule has 1 unspecified atom stereocenters. The van der Waals surface area contributed by atoms with Gasteiger partial charge < -0.3 is 15.6 Å². The Labute approximate surface area is 216 Å². The molecule has 1 atom stereocenters. The molecule has 0 saturated carbocycles. The number of imidazole rings is 1. The maximum atomic E-state index is 4.97.